The first kappa shape index (κ1) is 29.4. The molecule has 0 aromatic heterocycles. The van der Waals surface area contributed by atoms with E-state index in [0.717, 1.165) is 0 Å². The van der Waals surface area contributed by atoms with Crippen LogP contribution in [0.3, 0.4) is 0 Å². The fraction of sp³-hybridized carbons (Fsp3) is 0. The van der Waals surface area contributed by atoms with Crippen molar-refractivity contribution in [2.45, 2.75) is 0 Å². The van der Waals surface area contributed by atoms with Crippen molar-refractivity contribution in [2.75, 3.05) is 0 Å². The van der Waals surface area contributed by atoms with Crippen molar-refractivity contribution >= 4 is 6.18 Å². The van der Waals surface area contributed by atoms with Crippen molar-refractivity contribution < 1.29 is 151 Å². The number of hydrogen-bond donors (Lipinski definition) is 0. The van der Waals surface area contributed by atoms with Gasteiger partial charge in [-0.1, -0.05) is 0 Å². The molecule has 0 saturated heterocycles. The van der Waals surface area contributed by atoms with Gasteiger partial charge in [0.05, 0.1) is 0 Å². The second-order valence-electron chi connectivity index (χ2n) is 0.749. The predicted molar refractivity (Wildman–Crippen MR) is 24.3 cm³/mol. The number of rotatable bonds is 0. The predicted octanol–water partition coefficient (Wildman–Crippen LogP) is 0.0762. The van der Waals surface area contributed by atoms with Gasteiger partial charge in [0, 0.05) is 124 Å². The van der Waals surface area contributed by atoms with Crippen LogP contribution in [0.15, 0.2) is 0 Å². The summed E-state index contributed by atoms with van der Waals surface area (Å²) in [5, 5.41) is 8.04. The molecule has 0 fully saturated rings. The minimum Gasteiger partial charge on any atom is 0 e. The Kier molecular flexibility index (Phi) is 63.2. The van der Waals surface area contributed by atoms with E-state index in [1.165, 1.54) is 0 Å². The Bertz CT molecular complexity index is 178. The summed E-state index contributed by atoms with van der Waals surface area (Å²) in [6, 6.07) is 1.79. The van der Waals surface area contributed by atoms with Crippen LogP contribution in [0.5, 0.6) is 0 Å². The van der Waals surface area contributed by atoms with Gasteiger partial charge in [0.1, 0.15) is 0 Å². The zero-order chi connectivity index (χ0) is 5.70. The summed E-state index contributed by atoms with van der Waals surface area (Å²) in [5.41, 5.74) is 0. The molecule has 7 heteroatoms. The molecule has 2 nitrogen and oxygen atoms in total. The Hall–Kier alpha value is 3.98. The monoisotopic (exact) mass is 1270 g/mol. The van der Waals surface area contributed by atoms with Crippen LogP contribution >= 0.6 is 0 Å². The molecule has 48 valence electrons. The van der Waals surface area contributed by atoms with E-state index in [1.54, 1.807) is 6.07 Å². The average molecular weight is 1270 g/mol. The SMILES string of the molecule is [C-]#[N+][C](C#N)=[U]=[CH2].[U].[U].[U].[U]. The minimum atomic E-state index is -1.24. The molecule has 0 atom stereocenters. The van der Waals surface area contributed by atoms with Gasteiger partial charge in [0.15, 0.2) is 0 Å². The molecular formula is C4H2N2U5. The molecule has 0 aliphatic rings. The first-order valence-electron chi connectivity index (χ1n) is 1.52. The maximum Gasteiger partial charge on any atom is 0 e. The summed E-state index contributed by atoms with van der Waals surface area (Å²) >= 11 is -1.24. The largest absolute Gasteiger partial charge is 0 e. The van der Waals surface area contributed by atoms with E-state index in [4.69, 9.17) is 11.8 Å². The minimum absolute atomic E-state index is 0. The summed E-state index contributed by atoms with van der Waals surface area (Å²) in [7, 11) is 0. The van der Waals surface area contributed by atoms with Gasteiger partial charge in [0.25, 0.3) is 0 Å². The van der Waals surface area contributed by atoms with Crippen molar-refractivity contribution in [3.05, 3.63) is 11.4 Å². The van der Waals surface area contributed by atoms with Gasteiger partial charge in [-0.2, -0.15) is 0 Å². The van der Waals surface area contributed by atoms with Gasteiger partial charge in [-0.15, -0.1) is 0 Å². The van der Waals surface area contributed by atoms with Gasteiger partial charge in [-0.05, 0) is 0 Å². The first-order valence-corrected chi connectivity index (χ1v) is 6.55. The third-order valence-corrected chi connectivity index (χ3v) is 2.71. The van der Waals surface area contributed by atoms with Gasteiger partial charge in [-0.25, -0.2) is 0 Å². The Morgan fingerprint density at radius 1 is 1.36 bits per heavy atom. The van der Waals surface area contributed by atoms with Gasteiger partial charge < -0.3 is 0 Å². The summed E-state index contributed by atoms with van der Waals surface area (Å²) in [5.74, 6) is 0. The van der Waals surface area contributed by atoms with Crippen LogP contribution in [0.2, 0.25) is 0 Å². The van der Waals surface area contributed by atoms with Crippen molar-refractivity contribution in [2.24, 2.45) is 0 Å². The molecule has 0 amide bonds. The standard InChI is InChI=1S/C3N2.CH2.5U/c1-5-3-2-4;;;;;;/h;1H2;;;;;. The summed E-state index contributed by atoms with van der Waals surface area (Å²) in [6.07, 6.45) is 0. The van der Waals surface area contributed by atoms with E-state index < -0.39 is 26.7 Å². The molecule has 0 heterocycles. The maximum atomic E-state index is 8.04. The molecule has 0 aliphatic carbocycles. The van der Waals surface area contributed by atoms with Crippen molar-refractivity contribution in [1.29, 1.82) is 5.26 Å². The number of nitrogens with zero attached hydrogens (tertiary/aromatic N) is 2. The van der Waals surface area contributed by atoms with Crippen LogP contribution < -0.4 is 0 Å². The number of nitriles is 1. The molecular weight excluding hydrogens is 1270 g/mol. The molecule has 0 aromatic rings. The van der Waals surface area contributed by atoms with Crippen LogP contribution in [0.25, 0.3) is 4.85 Å². The second-order valence-corrected chi connectivity index (χ2v) is 4.19. The molecule has 0 N–H and O–H groups in total. The van der Waals surface area contributed by atoms with Gasteiger partial charge >= 0.3 is 55.7 Å². The molecule has 0 saturated carbocycles. The molecule has 0 aliphatic heterocycles. The third-order valence-electron chi connectivity index (χ3n) is 0.385. The van der Waals surface area contributed by atoms with Crippen LogP contribution in [0.1, 0.15) is 0 Å². The molecule has 0 rings (SSSR count). The Balaban J connectivity index is -0.0000000300. The quantitative estimate of drug-likeness (QED) is 0.317. The van der Waals surface area contributed by atoms with E-state index >= 15 is 0 Å². The van der Waals surface area contributed by atoms with E-state index in [-0.39, 0.29) is 124 Å². The van der Waals surface area contributed by atoms with Gasteiger partial charge in [0.2, 0.25) is 0 Å². The average Bonchev–Trinajstić information content (AvgIpc) is 1.72. The van der Waals surface area contributed by atoms with Crippen molar-refractivity contribution in [3.8, 4) is 6.07 Å². The van der Waals surface area contributed by atoms with E-state index in [2.05, 4.69) is 8.38 Å². The number of hydrogen-bond acceptors (Lipinski definition) is 1. The normalized spacial score (nSPS) is 3.09. The Morgan fingerprint density at radius 3 is 1.73 bits per heavy atom. The zero-order valence-electron chi connectivity index (χ0n) is 5.60. The Labute approximate surface area is 175 Å². The van der Waals surface area contributed by atoms with Crippen LogP contribution in [0.4, 0.5) is 0 Å². The maximum absolute atomic E-state index is 8.04. The molecule has 0 aromatic carbocycles. The van der Waals surface area contributed by atoms with E-state index in [0.29, 0.717) is 2.65 Å². The van der Waals surface area contributed by atoms with Crippen LogP contribution in [0, 0.1) is 169 Å². The Morgan fingerprint density at radius 2 is 1.73 bits per heavy atom. The van der Waals surface area contributed by atoms with E-state index in [1.807, 2.05) is 0 Å². The zero-order valence-corrected chi connectivity index (χ0v) is 26.4. The third kappa shape index (κ3) is 20.1. The van der Waals surface area contributed by atoms with Crippen molar-refractivity contribution in [3.63, 3.8) is 0 Å². The molecule has 0 bridgehead atoms. The fourth-order valence-electron chi connectivity index (χ4n) is 0.104. The van der Waals surface area contributed by atoms with Crippen LogP contribution in [-0.2, 0) is 0 Å². The summed E-state index contributed by atoms with van der Waals surface area (Å²) in [6.45, 7) is 6.34. The van der Waals surface area contributed by atoms with Crippen LogP contribution in [-0.4, -0.2) is 6.18 Å². The fourth-order valence-corrected chi connectivity index (χ4v) is 0.762. The van der Waals surface area contributed by atoms with Crippen molar-refractivity contribution in [1.82, 2.24) is 0 Å². The summed E-state index contributed by atoms with van der Waals surface area (Å²) < 4.78 is 3.94. The van der Waals surface area contributed by atoms with Gasteiger partial charge in [-0.3, -0.25) is 0 Å². The molecule has 11 heavy (non-hydrogen) atoms. The molecule has 0 spiro atoms. The molecule has 0 unspecified atom stereocenters. The summed E-state index contributed by atoms with van der Waals surface area (Å²) in [4.78, 5) is 2.96. The second kappa shape index (κ2) is 23.6. The molecule has 0 radical (unpaired) electrons. The van der Waals surface area contributed by atoms with E-state index in [9.17, 15) is 0 Å². The smallest absolute Gasteiger partial charge is 0 e. The topological polar surface area (TPSA) is 28.1 Å². The first-order chi connectivity index (χ1) is 3.35.